The lowest BCUT2D eigenvalue weighted by Crippen LogP contribution is -2.24. The predicted octanol–water partition coefficient (Wildman–Crippen LogP) is 4.48. The van der Waals surface area contributed by atoms with Crippen LogP contribution in [-0.4, -0.2) is 31.1 Å². The Morgan fingerprint density at radius 3 is 2.75 bits per heavy atom. The fourth-order valence-corrected chi connectivity index (χ4v) is 3.75. The van der Waals surface area contributed by atoms with Crippen molar-refractivity contribution in [2.75, 3.05) is 11.1 Å². The van der Waals surface area contributed by atoms with Gasteiger partial charge in [0.1, 0.15) is 11.6 Å². The zero-order chi connectivity index (χ0) is 24.9. The number of carbonyl (C=O) groups excluding carboxylic acids is 1. The number of nitrogens with zero attached hydrogens (tertiary/aromatic N) is 4. The van der Waals surface area contributed by atoms with Crippen LogP contribution in [0.2, 0.25) is 0 Å². The summed E-state index contributed by atoms with van der Waals surface area (Å²) >= 11 is 0. The van der Waals surface area contributed by atoms with Crippen molar-refractivity contribution in [3.63, 3.8) is 0 Å². The van der Waals surface area contributed by atoms with Crippen LogP contribution in [0.3, 0.4) is 0 Å². The van der Waals surface area contributed by atoms with E-state index in [9.17, 15) is 4.79 Å². The number of benzene rings is 2. The van der Waals surface area contributed by atoms with E-state index in [2.05, 4.69) is 35.8 Å². The summed E-state index contributed by atoms with van der Waals surface area (Å²) < 4.78 is 0. The largest absolute Gasteiger partial charge is 0.383 e. The fraction of sp³-hybridized carbons (Fsp3) is 0.0741. The van der Waals surface area contributed by atoms with Crippen molar-refractivity contribution in [1.82, 2.24) is 30.5 Å². The van der Waals surface area contributed by atoms with Gasteiger partial charge in [-0.3, -0.25) is 14.9 Å². The number of fused-ring (bicyclic) bond motifs is 1. The van der Waals surface area contributed by atoms with E-state index >= 15 is 0 Å². The Hall–Kier alpha value is -5.05. The quantitative estimate of drug-likeness (QED) is 0.272. The standard InChI is InChI=1S/C27H24N8O/c1-17-30-15-18(26(28)32-17)16-31-27(36)22-7-2-3-8-23(22)33-20-9-11-21-24(34-35-25(21)14-20)12-10-19-6-4-5-13-29-19/h2-15,33H,16H2,1H3,(H,31,36)(H,34,35)(H2,28,30,32)/b12-10+. The first-order valence-corrected chi connectivity index (χ1v) is 11.4. The Bertz CT molecular complexity index is 1560. The fourth-order valence-electron chi connectivity index (χ4n) is 3.75. The molecule has 5 rings (SSSR count). The summed E-state index contributed by atoms with van der Waals surface area (Å²) in [6.45, 7) is 2.00. The molecule has 3 heterocycles. The second-order valence-corrected chi connectivity index (χ2v) is 8.14. The number of nitrogens with one attached hydrogen (secondary N) is 3. The van der Waals surface area contributed by atoms with Gasteiger partial charge in [0.25, 0.3) is 5.91 Å². The molecule has 0 bridgehead atoms. The zero-order valence-corrected chi connectivity index (χ0v) is 19.6. The molecule has 178 valence electrons. The van der Waals surface area contributed by atoms with Crippen molar-refractivity contribution in [1.29, 1.82) is 0 Å². The van der Waals surface area contributed by atoms with Gasteiger partial charge in [-0.25, -0.2) is 9.97 Å². The first kappa shape index (κ1) is 22.7. The molecule has 0 spiro atoms. The molecule has 1 amide bonds. The van der Waals surface area contributed by atoms with Crippen molar-refractivity contribution in [2.24, 2.45) is 0 Å². The van der Waals surface area contributed by atoms with Crippen LogP contribution < -0.4 is 16.4 Å². The summed E-state index contributed by atoms with van der Waals surface area (Å²) in [4.78, 5) is 25.5. The van der Waals surface area contributed by atoms with Crippen LogP contribution in [-0.2, 0) is 6.54 Å². The molecule has 0 saturated carbocycles. The van der Waals surface area contributed by atoms with E-state index in [-0.39, 0.29) is 12.5 Å². The third-order valence-corrected chi connectivity index (χ3v) is 5.60. The minimum absolute atomic E-state index is 0.230. The van der Waals surface area contributed by atoms with E-state index in [4.69, 9.17) is 5.73 Å². The van der Waals surface area contributed by atoms with Gasteiger partial charge < -0.3 is 16.4 Å². The number of aryl methyl sites for hydroxylation is 1. The SMILES string of the molecule is Cc1ncc(CNC(=O)c2ccccc2Nc2ccc3c(/C=C/c4ccccn4)n[nH]c3c2)c(N)n1. The first-order chi connectivity index (χ1) is 17.6. The summed E-state index contributed by atoms with van der Waals surface area (Å²) in [7, 11) is 0. The number of carbonyl (C=O) groups is 1. The summed E-state index contributed by atoms with van der Waals surface area (Å²) in [5, 5.41) is 14.7. The maximum atomic E-state index is 13.0. The summed E-state index contributed by atoms with van der Waals surface area (Å²) in [6.07, 6.45) is 7.24. The molecule has 36 heavy (non-hydrogen) atoms. The van der Waals surface area contributed by atoms with Gasteiger partial charge in [-0.2, -0.15) is 5.10 Å². The molecule has 9 nitrogen and oxygen atoms in total. The molecule has 0 aliphatic rings. The average molecular weight is 477 g/mol. The molecule has 0 atom stereocenters. The molecule has 3 aromatic heterocycles. The van der Waals surface area contributed by atoms with Crippen LogP contribution in [0.4, 0.5) is 17.2 Å². The van der Waals surface area contributed by atoms with Gasteiger partial charge in [0.2, 0.25) is 0 Å². The number of rotatable bonds is 7. The van der Waals surface area contributed by atoms with Gasteiger partial charge in [-0.1, -0.05) is 18.2 Å². The number of hydrogen-bond acceptors (Lipinski definition) is 7. The third kappa shape index (κ3) is 5.05. The molecule has 2 aromatic carbocycles. The number of aromatic nitrogens is 5. The Morgan fingerprint density at radius 2 is 1.92 bits per heavy atom. The number of nitrogens with two attached hydrogens (primary N) is 1. The molecule has 9 heteroatoms. The highest BCUT2D eigenvalue weighted by Crippen LogP contribution is 2.26. The molecule has 0 aliphatic heterocycles. The smallest absolute Gasteiger partial charge is 0.253 e. The van der Waals surface area contributed by atoms with Crippen LogP contribution in [0.15, 0.2) is 73.1 Å². The first-order valence-electron chi connectivity index (χ1n) is 11.4. The van der Waals surface area contributed by atoms with E-state index in [0.29, 0.717) is 28.5 Å². The van der Waals surface area contributed by atoms with E-state index in [1.165, 1.54) is 0 Å². The topological polar surface area (TPSA) is 134 Å². The maximum Gasteiger partial charge on any atom is 0.253 e. The van der Waals surface area contributed by atoms with E-state index in [0.717, 1.165) is 28.0 Å². The van der Waals surface area contributed by atoms with Crippen molar-refractivity contribution in [3.8, 4) is 0 Å². The number of anilines is 3. The zero-order valence-electron chi connectivity index (χ0n) is 19.6. The molecular formula is C27H24N8O. The molecule has 5 aromatic rings. The second kappa shape index (κ2) is 10.1. The minimum atomic E-state index is -0.234. The average Bonchev–Trinajstić information content (AvgIpc) is 3.30. The van der Waals surface area contributed by atoms with Crippen LogP contribution in [0.5, 0.6) is 0 Å². The number of nitrogen functional groups attached to an aromatic ring is 1. The van der Waals surface area contributed by atoms with Gasteiger partial charge in [0.15, 0.2) is 0 Å². The van der Waals surface area contributed by atoms with Crippen LogP contribution in [0.25, 0.3) is 23.1 Å². The maximum absolute atomic E-state index is 13.0. The lowest BCUT2D eigenvalue weighted by molar-refractivity contribution is 0.0952. The number of aromatic amines is 1. The van der Waals surface area contributed by atoms with Gasteiger partial charge in [-0.05, 0) is 61.5 Å². The highest BCUT2D eigenvalue weighted by Gasteiger charge is 2.13. The third-order valence-electron chi connectivity index (χ3n) is 5.60. The number of H-pyrrole nitrogens is 1. The van der Waals surface area contributed by atoms with Crippen molar-refractivity contribution in [2.45, 2.75) is 13.5 Å². The summed E-state index contributed by atoms with van der Waals surface area (Å²) in [5.74, 6) is 0.710. The molecular weight excluding hydrogens is 452 g/mol. The Kier molecular flexibility index (Phi) is 6.35. The number of para-hydroxylation sites is 1. The summed E-state index contributed by atoms with van der Waals surface area (Å²) in [5.41, 5.74) is 11.2. The lowest BCUT2D eigenvalue weighted by atomic mass is 10.1. The Morgan fingerprint density at radius 1 is 1.06 bits per heavy atom. The molecule has 0 unspecified atom stereocenters. The van der Waals surface area contributed by atoms with E-state index in [1.54, 1.807) is 25.4 Å². The van der Waals surface area contributed by atoms with Gasteiger partial charge >= 0.3 is 0 Å². The molecule has 0 fully saturated rings. The highest BCUT2D eigenvalue weighted by molar-refractivity contribution is 6.00. The van der Waals surface area contributed by atoms with E-state index < -0.39 is 0 Å². The van der Waals surface area contributed by atoms with E-state index in [1.807, 2.05) is 66.7 Å². The lowest BCUT2D eigenvalue weighted by Gasteiger charge is -2.13. The monoisotopic (exact) mass is 476 g/mol. The number of hydrogen-bond donors (Lipinski definition) is 4. The minimum Gasteiger partial charge on any atom is -0.383 e. The van der Waals surface area contributed by atoms with Crippen molar-refractivity contribution in [3.05, 3.63) is 101 Å². The normalized spacial score (nSPS) is 11.1. The van der Waals surface area contributed by atoms with Crippen LogP contribution in [0, 0.1) is 6.92 Å². The highest BCUT2D eigenvalue weighted by atomic mass is 16.1. The summed E-state index contributed by atoms with van der Waals surface area (Å²) in [6, 6.07) is 19.0. The molecule has 5 N–H and O–H groups in total. The molecule has 0 saturated heterocycles. The van der Waals surface area contributed by atoms with Crippen molar-refractivity contribution >= 4 is 46.2 Å². The number of pyridine rings is 1. The Balaban J connectivity index is 1.32. The predicted molar refractivity (Wildman–Crippen MR) is 141 cm³/mol. The number of amides is 1. The van der Waals surface area contributed by atoms with Crippen molar-refractivity contribution < 1.29 is 4.79 Å². The van der Waals surface area contributed by atoms with Crippen LogP contribution in [0.1, 0.15) is 33.1 Å². The van der Waals surface area contributed by atoms with Crippen LogP contribution >= 0.6 is 0 Å². The molecule has 0 aliphatic carbocycles. The second-order valence-electron chi connectivity index (χ2n) is 8.14. The van der Waals surface area contributed by atoms with Gasteiger partial charge in [-0.15, -0.1) is 0 Å². The molecule has 0 radical (unpaired) electrons. The van der Waals surface area contributed by atoms with Gasteiger partial charge in [0, 0.05) is 35.6 Å². The van der Waals surface area contributed by atoms with Gasteiger partial charge in [0.05, 0.1) is 28.2 Å². The Labute approximate surface area is 207 Å².